The quantitative estimate of drug-likeness (QED) is 0.382. The van der Waals surface area contributed by atoms with Gasteiger partial charge in [-0.05, 0) is 49.8 Å². The molecule has 1 aromatic carbocycles. The Morgan fingerprint density at radius 3 is 2.42 bits per heavy atom. The van der Waals surface area contributed by atoms with E-state index >= 15 is 0 Å². The van der Waals surface area contributed by atoms with Crippen LogP contribution >= 0.6 is 11.3 Å². The number of carbonyl (C=O) groups excluding carboxylic acids is 3. The van der Waals surface area contributed by atoms with E-state index in [1.54, 1.807) is 4.90 Å². The molecule has 4 rings (SSSR count). The van der Waals surface area contributed by atoms with Crippen molar-refractivity contribution in [2.75, 3.05) is 19.7 Å². The number of ketones is 1. The smallest absolute Gasteiger partial charge is 0.309 e. The Bertz CT molecular complexity index is 1130. The van der Waals surface area contributed by atoms with E-state index in [4.69, 9.17) is 4.74 Å². The molecular weight excluding hydrogens is 436 g/mol. The second-order valence-electron chi connectivity index (χ2n) is 8.43. The molecule has 7 heteroatoms. The number of aryl methyl sites for hydroxylation is 1. The number of aromatic nitrogens is 1. The first-order chi connectivity index (χ1) is 15.9. The van der Waals surface area contributed by atoms with Gasteiger partial charge in [-0.15, -0.1) is 11.3 Å². The van der Waals surface area contributed by atoms with Crippen molar-refractivity contribution in [2.45, 2.75) is 33.2 Å². The third-order valence-corrected chi connectivity index (χ3v) is 7.11. The van der Waals surface area contributed by atoms with Crippen LogP contribution in [0.15, 0.2) is 53.9 Å². The first-order valence-corrected chi connectivity index (χ1v) is 12.0. The molecule has 2 aromatic heterocycles. The van der Waals surface area contributed by atoms with E-state index in [2.05, 4.69) is 16.7 Å². The molecule has 0 spiro atoms. The van der Waals surface area contributed by atoms with Crippen LogP contribution in [0.2, 0.25) is 0 Å². The lowest BCUT2D eigenvalue weighted by Gasteiger charge is -2.30. The van der Waals surface area contributed by atoms with Crippen LogP contribution in [0.1, 0.15) is 49.8 Å². The topological polar surface area (TPSA) is 68.6 Å². The number of hydrogen-bond donors (Lipinski definition) is 0. The SMILES string of the molecule is Cc1cc(C(=O)COC(=O)C2CCN(C(=O)c3cccs3)CC2)c(C)n1Cc1ccccc1. The Kier molecular flexibility index (Phi) is 7.08. The summed E-state index contributed by atoms with van der Waals surface area (Å²) >= 11 is 1.42. The lowest BCUT2D eigenvalue weighted by atomic mass is 9.97. The van der Waals surface area contributed by atoms with Gasteiger partial charge in [-0.1, -0.05) is 36.4 Å². The molecule has 0 unspecified atom stereocenters. The molecule has 172 valence electrons. The number of thiophene rings is 1. The number of rotatable bonds is 7. The lowest BCUT2D eigenvalue weighted by molar-refractivity contribution is -0.148. The third kappa shape index (κ3) is 5.25. The van der Waals surface area contributed by atoms with Crippen LogP contribution in [0.4, 0.5) is 0 Å². The van der Waals surface area contributed by atoms with E-state index in [-0.39, 0.29) is 30.2 Å². The maximum Gasteiger partial charge on any atom is 0.309 e. The molecule has 1 saturated heterocycles. The normalized spacial score (nSPS) is 14.3. The van der Waals surface area contributed by atoms with Crippen LogP contribution < -0.4 is 0 Å². The van der Waals surface area contributed by atoms with Crippen molar-refractivity contribution in [3.05, 3.63) is 81.3 Å². The van der Waals surface area contributed by atoms with E-state index in [0.717, 1.165) is 17.0 Å². The van der Waals surface area contributed by atoms with Crippen LogP contribution in [0.5, 0.6) is 0 Å². The van der Waals surface area contributed by atoms with Gasteiger partial charge in [0.05, 0.1) is 10.8 Å². The van der Waals surface area contributed by atoms with Crippen molar-refractivity contribution in [1.82, 2.24) is 9.47 Å². The zero-order chi connectivity index (χ0) is 23.4. The van der Waals surface area contributed by atoms with E-state index in [9.17, 15) is 14.4 Å². The maximum atomic E-state index is 12.8. The van der Waals surface area contributed by atoms with Crippen molar-refractivity contribution in [3.63, 3.8) is 0 Å². The van der Waals surface area contributed by atoms with Gasteiger partial charge in [0, 0.05) is 36.6 Å². The number of carbonyl (C=O) groups is 3. The molecule has 0 saturated carbocycles. The zero-order valence-electron chi connectivity index (χ0n) is 19.0. The number of esters is 1. The van der Waals surface area contributed by atoms with Gasteiger partial charge < -0.3 is 14.2 Å². The largest absolute Gasteiger partial charge is 0.457 e. The van der Waals surface area contributed by atoms with Crippen molar-refractivity contribution in [1.29, 1.82) is 0 Å². The molecule has 0 radical (unpaired) electrons. The van der Waals surface area contributed by atoms with Gasteiger partial charge in [0.25, 0.3) is 5.91 Å². The summed E-state index contributed by atoms with van der Waals surface area (Å²) in [5.74, 6) is -0.820. The van der Waals surface area contributed by atoms with Crippen LogP contribution in [0.3, 0.4) is 0 Å². The van der Waals surface area contributed by atoms with Crippen LogP contribution in [-0.4, -0.2) is 46.8 Å². The van der Waals surface area contributed by atoms with E-state index in [1.807, 2.05) is 55.6 Å². The Labute approximate surface area is 197 Å². The first kappa shape index (κ1) is 23.0. The lowest BCUT2D eigenvalue weighted by Crippen LogP contribution is -2.40. The molecule has 0 bridgehead atoms. The number of ether oxygens (including phenoxy) is 1. The Morgan fingerprint density at radius 1 is 1.03 bits per heavy atom. The molecule has 0 aliphatic carbocycles. The molecule has 0 N–H and O–H groups in total. The molecule has 1 aliphatic heterocycles. The van der Waals surface area contributed by atoms with Gasteiger partial charge in [-0.3, -0.25) is 14.4 Å². The Hall–Kier alpha value is -3.19. The molecule has 1 fully saturated rings. The predicted molar refractivity (Wildman–Crippen MR) is 128 cm³/mol. The summed E-state index contributed by atoms with van der Waals surface area (Å²) in [6.45, 7) is 5.36. The van der Waals surface area contributed by atoms with Gasteiger partial charge in [0.2, 0.25) is 5.78 Å². The minimum absolute atomic E-state index is 0.0119. The van der Waals surface area contributed by atoms with Gasteiger partial charge in [-0.25, -0.2) is 0 Å². The van der Waals surface area contributed by atoms with Crippen molar-refractivity contribution >= 4 is 29.0 Å². The van der Waals surface area contributed by atoms with Crippen LogP contribution in [-0.2, 0) is 16.1 Å². The number of likely N-dealkylation sites (tertiary alicyclic amines) is 1. The number of piperidine rings is 1. The summed E-state index contributed by atoms with van der Waals surface area (Å²) in [7, 11) is 0. The number of hydrogen-bond acceptors (Lipinski definition) is 5. The second kappa shape index (κ2) is 10.2. The van der Waals surface area contributed by atoms with Gasteiger partial charge in [0.15, 0.2) is 6.61 Å². The number of nitrogens with zero attached hydrogens (tertiary/aromatic N) is 2. The summed E-state index contributed by atoms with van der Waals surface area (Å²) in [4.78, 5) is 40.3. The highest BCUT2D eigenvalue weighted by atomic mass is 32.1. The average Bonchev–Trinajstić information content (AvgIpc) is 3.47. The molecule has 33 heavy (non-hydrogen) atoms. The average molecular weight is 465 g/mol. The van der Waals surface area contributed by atoms with Gasteiger partial charge in [0.1, 0.15) is 0 Å². The van der Waals surface area contributed by atoms with Gasteiger partial charge in [-0.2, -0.15) is 0 Å². The Morgan fingerprint density at radius 2 is 1.76 bits per heavy atom. The molecule has 1 amide bonds. The van der Waals surface area contributed by atoms with Crippen molar-refractivity contribution < 1.29 is 19.1 Å². The highest BCUT2D eigenvalue weighted by molar-refractivity contribution is 7.12. The standard InChI is InChI=1S/C26H28N2O4S/c1-18-15-22(19(2)28(18)16-20-7-4-3-5-8-20)23(29)17-32-26(31)21-10-12-27(13-11-21)25(30)24-9-6-14-33-24/h3-9,14-15,21H,10-13,16-17H2,1-2H3. The van der Waals surface area contributed by atoms with E-state index < -0.39 is 0 Å². The van der Waals surface area contributed by atoms with Gasteiger partial charge >= 0.3 is 5.97 Å². The fraction of sp³-hybridized carbons (Fsp3) is 0.346. The van der Waals surface area contributed by atoms with Crippen LogP contribution in [0.25, 0.3) is 0 Å². The fourth-order valence-corrected chi connectivity index (χ4v) is 4.99. The molecule has 3 aromatic rings. The number of Topliss-reactive ketones (excluding diaryl/α,β-unsaturated/α-hetero) is 1. The summed E-state index contributed by atoms with van der Waals surface area (Å²) in [5.41, 5.74) is 3.62. The van der Waals surface area contributed by atoms with Crippen molar-refractivity contribution in [2.24, 2.45) is 5.92 Å². The molecule has 6 nitrogen and oxygen atoms in total. The minimum atomic E-state index is -0.357. The predicted octanol–water partition coefficient (Wildman–Crippen LogP) is 4.49. The van der Waals surface area contributed by atoms with E-state index in [1.165, 1.54) is 11.3 Å². The van der Waals surface area contributed by atoms with Crippen molar-refractivity contribution in [3.8, 4) is 0 Å². The van der Waals surface area contributed by atoms with E-state index in [0.29, 0.717) is 42.9 Å². The molecule has 1 aliphatic rings. The maximum absolute atomic E-state index is 12.8. The summed E-state index contributed by atoms with van der Waals surface area (Å²) in [5, 5.41) is 1.88. The number of amides is 1. The summed E-state index contributed by atoms with van der Waals surface area (Å²) < 4.78 is 7.49. The zero-order valence-corrected chi connectivity index (χ0v) is 19.8. The molecule has 0 atom stereocenters. The second-order valence-corrected chi connectivity index (χ2v) is 9.38. The monoisotopic (exact) mass is 464 g/mol. The minimum Gasteiger partial charge on any atom is -0.457 e. The summed E-state index contributed by atoms with van der Waals surface area (Å²) in [6, 6.07) is 15.6. The third-order valence-electron chi connectivity index (χ3n) is 6.25. The first-order valence-electron chi connectivity index (χ1n) is 11.2. The fourth-order valence-electron chi connectivity index (χ4n) is 4.30. The number of benzene rings is 1. The molecular formula is C26H28N2O4S. The van der Waals surface area contributed by atoms with Crippen LogP contribution in [0, 0.1) is 19.8 Å². The molecule has 3 heterocycles. The highest BCUT2D eigenvalue weighted by Gasteiger charge is 2.29. The summed E-state index contributed by atoms with van der Waals surface area (Å²) in [6.07, 6.45) is 1.10. The Balaban J connectivity index is 1.30. The highest BCUT2D eigenvalue weighted by Crippen LogP contribution is 2.23.